The van der Waals surface area contributed by atoms with Crippen LogP contribution < -0.4 is 0 Å². The molecule has 23 heavy (non-hydrogen) atoms. The number of halogens is 3. The average molecular weight is 338 g/mol. The van der Waals surface area contributed by atoms with E-state index in [1.54, 1.807) is 6.92 Å². The zero-order valence-corrected chi connectivity index (χ0v) is 12.7. The van der Waals surface area contributed by atoms with Crippen molar-refractivity contribution in [3.8, 4) is 0 Å². The summed E-state index contributed by atoms with van der Waals surface area (Å²) in [6.07, 6.45) is -5.36. The summed E-state index contributed by atoms with van der Waals surface area (Å²) in [5, 5.41) is 0. The first-order valence-electron chi connectivity index (χ1n) is 8.24. The molecule has 5 nitrogen and oxygen atoms in total. The summed E-state index contributed by atoms with van der Waals surface area (Å²) in [6, 6.07) is -0.347. The molecule has 3 rings (SSSR count). The van der Waals surface area contributed by atoms with E-state index in [0.29, 0.717) is 0 Å². The van der Waals surface area contributed by atoms with Crippen LogP contribution in [0.25, 0.3) is 0 Å². The van der Waals surface area contributed by atoms with Crippen molar-refractivity contribution < 1.29 is 39.7 Å². The Labute approximate surface area is 134 Å². The summed E-state index contributed by atoms with van der Waals surface area (Å²) in [5.41, 5.74) is -1.97. The molecule has 0 bridgehead atoms. The van der Waals surface area contributed by atoms with Crippen LogP contribution in [0.1, 0.15) is 16.1 Å². The summed E-state index contributed by atoms with van der Waals surface area (Å²) in [6.45, 7) is 0.407. The minimum Gasteiger partial charge on any atom is -0.373 e. The van der Waals surface area contributed by atoms with Gasteiger partial charge >= 0.3 is 6.18 Å². The highest BCUT2D eigenvalue weighted by Crippen LogP contribution is 2.56. The molecule has 1 aliphatic carbocycles. The lowest BCUT2D eigenvalue weighted by molar-refractivity contribution is -0.174. The number of hydrogen-bond donors (Lipinski definition) is 0. The number of ketones is 1. The van der Waals surface area contributed by atoms with Crippen molar-refractivity contribution in [1.82, 2.24) is 0 Å². The smallest absolute Gasteiger partial charge is 0.373 e. The summed E-state index contributed by atoms with van der Waals surface area (Å²) >= 11 is 0. The first-order chi connectivity index (χ1) is 11.5. The third kappa shape index (κ3) is 3.17. The molecule has 0 amide bonds. The molecule has 0 unspecified atom stereocenters. The van der Waals surface area contributed by atoms with E-state index >= 15 is 0 Å². The van der Waals surface area contributed by atoms with Crippen molar-refractivity contribution in [2.24, 2.45) is 5.92 Å². The van der Waals surface area contributed by atoms with Crippen molar-refractivity contribution >= 4 is 5.78 Å². The van der Waals surface area contributed by atoms with E-state index in [1.807, 2.05) is 0 Å². The molecule has 130 valence electrons. The summed E-state index contributed by atoms with van der Waals surface area (Å²) in [4.78, 5) is 12.3. The lowest BCUT2D eigenvalue weighted by Crippen LogP contribution is -2.50. The van der Waals surface area contributed by atoms with Gasteiger partial charge in [0, 0.05) is 13.7 Å². The normalized spacial score (nSPS) is 47.2. The third-order valence-electron chi connectivity index (χ3n) is 4.46. The Morgan fingerprint density at radius 3 is 2.83 bits per heavy atom. The number of epoxide rings is 2. The third-order valence-corrected chi connectivity index (χ3v) is 4.46. The standard InChI is InChI=1S/C15H19F3O5/c1-13(10(23-13)4-6-21-8-15(16,17)18)12-11(20-2)9(19)3-5-14(12)7-22-14/h3,5,10-12H,4,6-8H2,1-2H3/t10-,11-,12-,13+,14+/m1/s1/i3D,11D. The molecule has 0 saturated carbocycles. The maximum atomic E-state index is 12.3. The van der Waals surface area contributed by atoms with Crippen LogP contribution in [-0.2, 0) is 23.7 Å². The maximum absolute atomic E-state index is 12.3. The zero-order valence-electron chi connectivity index (χ0n) is 14.7. The number of carbonyl (C=O) groups excluding carboxylic acids is 1. The lowest BCUT2D eigenvalue weighted by Gasteiger charge is -2.34. The van der Waals surface area contributed by atoms with Gasteiger partial charge in [-0.25, -0.2) is 0 Å². The SMILES string of the molecule is [2H]C1=C[C@]2(CO2)[C@@H]([C@@]2(C)O[C@@H]2CCOCC(F)(F)F)[C@]([2H])(OC)C1=O. The number of hydrogen-bond acceptors (Lipinski definition) is 5. The molecule has 2 fully saturated rings. The Morgan fingerprint density at radius 1 is 1.57 bits per heavy atom. The first-order valence-corrected chi connectivity index (χ1v) is 7.24. The Kier molecular flexibility index (Phi) is 3.47. The summed E-state index contributed by atoms with van der Waals surface area (Å²) in [7, 11) is 1.21. The molecule has 5 atom stereocenters. The molecule has 1 spiro atoms. The number of carbonyl (C=O) groups is 1. The molecule has 0 aromatic rings. The van der Waals surface area contributed by atoms with Gasteiger partial charge in [-0.2, -0.15) is 13.2 Å². The van der Waals surface area contributed by atoms with Crippen LogP contribution in [0, 0.1) is 5.92 Å². The van der Waals surface area contributed by atoms with E-state index in [-0.39, 0.29) is 25.7 Å². The van der Waals surface area contributed by atoms with Crippen LogP contribution in [0.2, 0.25) is 0 Å². The fourth-order valence-corrected chi connectivity index (χ4v) is 3.23. The summed E-state index contributed by atoms with van der Waals surface area (Å²) in [5.74, 6) is -1.61. The van der Waals surface area contributed by atoms with Crippen LogP contribution in [0.3, 0.4) is 0 Å². The van der Waals surface area contributed by atoms with Crippen LogP contribution in [0.5, 0.6) is 0 Å². The minimum atomic E-state index is -4.39. The van der Waals surface area contributed by atoms with E-state index in [4.69, 9.17) is 17.0 Å². The van der Waals surface area contributed by atoms with Gasteiger partial charge in [0.15, 0.2) is 5.78 Å². The van der Waals surface area contributed by atoms with Crippen LogP contribution in [-0.4, -0.2) is 62.3 Å². The van der Waals surface area contributed by atoms with Crippen LogP contribution in [0.4, 0.5) is 13.2 Å². The fraction of sp³-hybridized carbons (Fsp3) is 0.800. The second kappa shape index (κ2) is 5.54. The molecule has 0 aromatic heterocycles. The largest absolute Gasteiger partial charge is 0.411 e. The topological polar surface area (TPSA) is 60.6 Å². The van der Waals surface area contributed by atoms with Gasteiger partial charge in [-0.3, -0.25) is 4.79 Å². The van der Waals surface area contributed by atoms with Crippen LogP contribution in [0.15, 0.2) is 12.1 Å². The van der Waals surface area contributed by atoms with Crippen molar-refractivity contribution in [3.63, 3.8) is 0 Å². The second-order valence-corrected chi connectivity index (χ2v) is 6.11. The highest BCUT2D eigenvalue weighted by molar-refractivity contribution is 5.95. The number of ether oxygens (including phenoxy) is 4. The van der Waals surface area contributed by atoms with Gasteiger partial charge in [-0.15, -0.1) is 0 Å². The molecular formula is C15H19F3O5. The van der Waals surface area contributed by atoms with E-state index in [2.05, 4.69) is 4.74 Å². The fourth-order valence-electron chi connectivity index (χ4n) is 3.23. The summed E-state index contributed by atoms with van der Waals surface area (Å²) < 4.78 is 73.4. The van der Waals surface area contributed by atoms with Gasteiger partial charge in [-0.05, 0) is 25.5 Å². The zero-order chi connectivity index (χ0) is 18.7. The van der Waals surface area contributed by atoms with Crippen LogP contribution >= 0.6 is 0 Å². The molecular weight excluding hydrogens is 317 g/mol. The molecule has 0 aromatic carbocycles. The van der Waals surface area contributed by atoms with Crippen molar-refractivity contribution in [2.75, 3.05) is 26.9 Å². The number of methoxy groups -OCH3 is 1. The second-order valence-electron chi connectivity index (χ2n) is 6.11. The Hall–Kier alpha value is -0.960. The Balaban J connectivity index is 1.71. The lowest BCUT2D eigenvalue weighted by atomic mass is 9.72. The van der Waals surface area contributed by atoms with Crippen molar-refractivity contribution in [3.05, 3.63) is 12.1 Å². The van der Waals surface area contributed by atoms with E-state index in [1.165, 1.54) is 13.2 Å². The van der Waals surface area contributed by atoms with Crippen molar-refractivity contribution in [1.29, 1.82) is 0 Å². The van der Waals surface area contributed by atoms with Gasteiger partial charge in [0.2, 0.25) is 0 Å². The molecule has 0 N–H and O–H groups in total. The van der Waals surface area contributed by atoms with Gasteiger partial charge in [0.25, 0.3) is 0 Å². The van der Waals surface area contributed by atoms with Gasteiger partial charge in [0.05, 0.1) is 21.4 Å². The monoisotopic (exact) mass is 338 g/mol. The molecule has 0 radical (unpaired) electrons. The highest BCUT2D eigenvalue weighted by Gasteiger charge is 2.71. The van der Waals surface area contributed by atoms with E-state index in [9.17, 15) is 18.0 Å². The van der Waals surface area contributed by atoms with E-state index < -0.39 is 47.9 Å². The van der Waals surface area contributed by atoms with Gasteiger partial charge < -0.3 is 18.9 Å². The maximum Gasteiger partial charge on any atom is 0.411 e. The predicted molar refractivity (Wildman–Crippen MR) is 71.9 cm³/mol. The molecule has 3 aliphatic rings. The quantitative estimate of drug-likeness (QED) is 0.544. The van der Waals surface area contributed by atoms with Gasteiger partial charge in [0.1, 0.15) is 23.9 Å². The highest BCUT2D eigenvalue weighted by atomic mass is 19.4. The molecule has 2 saturated heterocycles. The predicted octanol–water partition coefficient (Wildman–Crippen LogP) is 1.65. The Bertz CT molecular complexity index is 606. The average Bonchev–Trinajstić information content (AvgIpc) is 3.40. The first kappa shape index (κ1) is 14.4. The molecule has 2 heterocycles. The molecule has 2 aliphatic heterocycles. The van der Waals surface area contributed by atoms with E-state index in [0.717, 1.165) is 0 Å². The molecule has 8 heteroatoms. The Morgan fingerprint density at radius 2 is 2.26 bits per heavy atom. The number of rotatable bonds is 6. The van der Waals surface area contributed by atoms with Crippen molar-refractivity contribution in [2.45, 2.75) is 42.9 Å². The number of alkyl halides is 3. The minimum absolute atomic E-state index is 0.161. The van der Waals surface area contributed by atoms with Gasteiger partial charge in [-0.1, -0.05) is 0 Å².